The van der Waals surface area contributed by atoms with Gasteiger partial charge in [0.25, 0.3) is 0 Å². The molecular formula is C28H30FN5O5S. The fourth-order valence-corrected chi connectivity index (χ4v) is 6.95. The minimum atomic E-state index is -3.37. The summed E-state index contributed by atoms with van der Waals surface area (Å²) >= 11 is 0. The van der Waals surface area contributed by atoms with Crippen molar-refractivity contribution in [3.05, 3.63) is 59.5 Å². The molecule has 0 N–H and O–H groups in total. The second-order valence-electron chi connectivity index (χ2n) is 10.5. The molecule has 0 spiro atoms. The van der Waals surface area contributed by atoms with Crippen LogP contribution in [0.2, 0.25) is 0 Å². The van der Waals surface area contributed by atoms with Gasteiger partial charge in [-0.3, -0.25) is 4.79 Å². The zero-order valence-corrected chi connectivity index (χ0v) is 23.5. The molecule has 2 aliphatic rings. The molecule has 1 amide bonds. The van der Waals surface area contributed by atoms with Crippen molar-refractivity contribution in [1.29, 1.82) is 0 Å². The Bertz CT molecular complexity index is 1730. The van der Waals surface area contributed by atoms with E-state index < -0.39 is 21.9 Å². The Balaban J connectivity index is 1.51. The molecule has 4 heterocycles. The van der Waals surface area contributed by atoms with Crippen LogP contribution in [0.25, 0.3) is 22.2 Å². The van der Waals surface area contributed by atoms with Gasteiger partial charge in [0.1, 0.15) is 23.2 Å². The molecule has 2 aliphatic heterocycles. The van der Waals surface area contributed by atoms with Crippen LogP contribution in [0.5, 0.6) is 5.75 Å². The normalized spacial score (nSPS) is 20.2. The van der Waals surface area contributed by atoms with E-state index in [2.05, 4.69) is 9.72 Å². The highest BCUT2D eigenvalue weighted by atomic mass is 32.2. The topological polar surface area (TPSA) is 111 Å². The Hall–Kier alpha value is -3.77. The summed E-state index contributed by atoms with van der Waals surface area (Å²) in [6, 6.07) is 9.50. The molecule has 2 saturated heterocycles. The number of aromatic nitrogens is 3. The van der Waals surface area contributed by atoms with Crippen molar-refractivity contribution in [3.8, 4) is 16.9 Å². The molecule has 0 aliphatic carbocycles. The van der Waals surface area contributed by atoms with E-state index in [1.807, 2.05) is 32.0 Å². The van der Waals surface area contributed by atoms with Gasteiger partial charge in [0.2, 0.25) is 15.9 Å². The summed E-state index contributed by atoms with van der Waals surface area (Å²) in [5.74, 6) is 0.997. The first kappa shape index (κ1) is 26.5. The van der Waals surface area contributed by atoms with Crippen molar-refractivity contribution >= 4 is 32.7 Å². The molecule has 40 heavy (non-hydrogen) atoms. The minimum absolute atomic E-state index is 0.142. The molecule has 4 aromatic rings. The molecule has 210 valence electrons. The quantitative estimate of drug-likeness (QED) is 0.337. The van der Waals surface area contributed by atoms with Crippen molar-refractivity contribution in [3.63, 3.8) is 0 Å². The zero-order chi connectivity index (χ0) is 28.3. The molecule has 6 rings (SSSR count). The maximum atomic E-state index is 14.5. The SMILES string of the molecule is COc1cc(F)cc(N2C(=O)CCC2c2nc3cc(-c4c(C)noc4C)ccc3n2C2CCN(S(C)(=O)=O)C2)c1. The number of aryl methyl sites for hydroxylation is 2. The third kappa shape index (κ3) is 4.44. The van der Waals surface area contributed by atoms with Crippen LogP contribution in [0.3, 0.4) is 0 Å². The number of fused-ring (bicyclic) bond motifs is 1. The number of hydrogen-bond donors (Lipinski definition) is 0. The Morgan fingerprint density at radius 1 is 1.12 bits per heavy atom. The fraction of sp³-hybridized carbons (Fsp3) is 0.393. The lowest BCUT2D eigenvalue weighted by molar-refractivity contribution is -0.117. The maximum absolute atomic E-state index is 14.5. The molecule has 12 heteroatoms. The highest BCUT2D eigenvalue weighted by molar-refractivity contribution is 7.88. The fourth-order valence-electron chi connectivity index (χ4n) is 6.07. The lowest BCUT2D eigenvalue weighted by Gasteiger charge is -2.27. The van der Waals surface area contributed by atoms with E-state index >= 15 is 0 Å². The number of amides is 1. The molecular weight excluding hydrogens is 537 g/mol. The van der Waals surface area contributed by atoms with Crippen LogP contribution < -0.4 is 9.64 Å². The molecule has 0 bridgehead atoms. The van der Waals surface area contributed by atoms with E-state index in [0.717, 1.165) is 22.3 Å². The average molecular weight is 568 g/mol. The van der Waals surface area contributed by atoms with Crippen molar-refractivity contribution < 1.29 is 26.9 Å². The number of rotatable bonds is 6. The van der Waals surface area contributed by atoms with Gasteiger partial charge >= 0.3 is 0 Å². The molecule has 0 saturated carbocycles. The van der Waals surface area contributed by atoms with E-state index in [9.17, 15) is 17.6 Å². The minimum Gasteiger partial charge on any atom is -0.497 e. The van der Waals surface area contributed by atoms with Gasteiger partial charge in [-0.15, -0.1) is 0 Å². The first-order chi connectivity index (χ1) is 19.0. The number of nitrogens with zero attached hydrogens (tertiary/aromatic N) is 5. The van der Waals surface area contributed by atoms with E-state index in [0.29, 0.717) is 54.5 Å². The summed E-state index contributed by atoms with van der Waals surface area (Å²) in [5.41, 5.74) is 4.50. The smallest absolute Gasteiger partial charge is 0.227 e. The van der Waals surface area contributed by atoms with Crippen LogP contribution in [-0.4, -0.2) is 59.8 Å². The van der Waals surface area contributed by atoms with Gasteiger partial charge in [-0.2, -0.15) is 0 Å². The van der Waals surface area contributed by atoms with E-state index in [-0.39, 0.29) is 18.4 Å². The summed E-state index contributed by atoms with van der Waals surface area (Å²) in [7, 11) is -1.92. The molecule has 0 radical (unpaired) electrons. The molecule has 2 aromatic heterocycles. The first-order valence-corrected chi connectivity index (χ1v) is 15.0. The molecule has 2 atom stereocenters. The van der Waals surface area contributed by atoms with Crippen molar-refractivity contribution in [2.45, 2.75) is 45.2 Å². The summed E-state index contributed by atoms with van der Waals surface area (Å²) in [5, 5.41) is 4.08. The van der Waals surface area contributed by atoms with Gasteiger partial charge in [0.05, 0.1) is 47.9 Å². The number of sulfonamides is 1. The number of halogens is 1. The van der Waals surface area contributed by atoms with Crippen LogP contribution >= 0.6 is 0 Å². The van der Waals surface area contributed by atoms with Crippen molar-refractivity contribution in [1.82, 2.24) is 19.0 Å². The average Bonchev–Trinajstić information content (AvgIpc) is 3.67. The Morgan fingerprint density at radius 3 is 2.60 bits per heavy atom. The molecule has 10 nitrogen and oxygen atoms in total. The van der Waals surface area contributed by atoms with Gasteiger partial charge in [-0.1, -0.05) is 11.2 Å². The second kappa shape index (κ2) is 9.70. The molecule has 2 fully saturated rings. The van der Waals surface area contributed by atoms with Gasteiger partial charge < -0.3 is 18.7 Å². The monoisotopic (exact) mass is 567 g/mol. The molecule has 2 unspecified atom stereocenters. The summed E-state index contributed by atoms with van der Waals surface area (Å²) in [6.07, 6.45) is 2.58. The zero-order valence-electron chi connectivity index (χ0n) is 22.7. The molecule has 2 aromatic carbocycles. The van der Waals surface area contributed by atoms with Gasteiger partial charge in [-0.05, 0) is 50.5 Å². The van der Waals surface area contributed by atoms with Crippen LogP contribution in [0.4, 0.5) is 10.1 Å². The number of ether oxygens (including phenoxy) is 1. The predicted octanol–water partition coefficient (Wildman–Crippen LogP) is 4.53. The van der Waals surface area contributed by atoms with Crippen molar-refractivity contribution in [2.75, 3.05) is 31.4 Å². The number of carbonyl (C=O) groups excluding carboxylic acids is 1. The number of imidazole rings is 1. The third-order valence-electron chi connectivity index (χ3n) is 7.88. The Morgan fingerprint density at radius 2 is 1.93 bits per heavy atom. The maximum Gasteiger partial charge on any atom is 0.227 e. The van der Waals surface area contributed by atoms with Crippen LogP contribution in [0.1, 0.15) is 48.6 Å². The standard InChI is InChI=1S/C28H30FN5O5S/c1-16-27(17(2)39-31-16)18-5-6-24-23(11-18)30-28(34(24)20-9-10-32(15-20)40(4,36)37)25-7-8-26(35)33(25)21-12-19(29)13-22(14-21)38-3/h5-6,11-14,20,25H,7-10,15H2,1-4H3. The van der Waals surface area contributed by atoms with Crippen LogP contribution in [0, 0.1) is 19.7 Å². The van der Waals surface area contributed by atoms with Gasteiger partial charge in [-0.25, -0.2) is 22.1 Å². The number of carbonyl (C=O) groups is 1. The van der Waals surface area contributed by atoms with E-state index in [1.165, 1.54) is 29.8 Å². The lowest BCUT2D eigenvalue weighted by atomic mass is 10.0. The summed E-state index contributed by atoms with van der Waals surface area (Å²) in [6.45, 7) is 4.44. The van der Waals surface area contributed by atoms with Crippen LogP contribution in [0.15, 0.2) is 40.9 Å². The number of methoxy groups -OCH3 is 1. The second-order valence-corrected chi connectivity index (χ2v) is 12.5. The largest absolute Gasteiger partial charge is 0.497 e. The van der Waals surface area contributed by atoms with E-state index in [4.69, 9.17) is 14.2 Å². The van der Waals surface area contributed by atoms with Crippen molar-refractivity contribution in [2.24, 2.45) is 0 Å². The van der Waals surface area contributed by atoms with E-state index in [1.54, 1.807) is 11.0 Å². The Kier molecular flexibility index (Phi) is 6.42. The highest BCUT2D eigenvalue weighted by Gasteiger charge is 2.40. The lowest BCUT2D eigenvalue weighted by Crippen LogP contribution is -2.31. The number of anilines is 1. The number of benzene rings is 2. The Labute approximate surface area is 231 Å². The summed E-state index contributed by atoms with van der Waals surface area (Å²) < 4.78 is 53.4. The summed E-state index contributed by atoms with van der Waals surface area (Å²) in [4.78, 5) is 19.8. The predicted molar refractivity (Wildman–Crippen MR) is 147 cm³/mol. The highest BCUT2D eigenvalue weighted by Crippen LogP contribution is 2.42. The first-order valence-electron chi connectivity index (χ1n) is 13.1. The van der Waals surface area contributed by atoms with Crippen LogP contribution in [-0.2, 0) is 14.8 Å². The number of hydrogen-bond acceptors (Lipinski definition) is 7. The van der Waals surface area contributed by atoms with Gasteiger partial charge in [0, 0.05) is 37.2 Å². The van der Waals surface area contributed by atoms with Gasteiger partial charge in [0.15, 0.2) is 0 Å². The third-order valence-corrected chi connectivity index (χ3v) is 9.15.